The maximum Gasteiger partial charge on any atom is 0.212 e. The van der Waals surface area contributed by atoms with Gasteiger partial charge in [-0.15, -0.1) is 0 Å². The molecule has 5 heteroatoms. The number of halogens is 1. The van der Waals surface area contributed by atoms with Crippen LogP contribution in [-0.2, 0) is 6.54 Å². The molecule has 3 rings (SSSR count). The largest absolute Gasteiger partial charge is 0.481 e. The molecule has 0 aliphatic rings. The summed E-state index contributed by atoms with van der Waals surface area (Å²) in [6.07, 6.45) is 3.54. The van der Waals surface area contributed by atoms with Gasteiger partial charge in [-0.3, -0.25) is 4.98 Å². The van der Waals surface area contributed by atoms with Crippen LogP contribution in [0.4, 0.5) is 5.69 Å². The number of hydrogen-bond acceptors (Lipinski definition) is 4. The number of fused-ring (bicyclic) bond motifs is 1. The van der Waals surface area contributed by atoms with Gasteiger partial charge in [0.15, 0.2) is 0 Å². The third kappa shape index (κ3) is 2.90. The van der Waals surface area contributed by atoms with Crippen molar-refractivity contribution < 1.29 is 4.74 Å². The van der Waals surface area contributed by atoms with Crippen LogP contribution in [0.15, 0.2) is 48.8 Å². The summed E-state index contributed by atoms with van der Waals surface area (Å²) in [6, 6.07) is 11.5. The first-order valence-corrected chi connectivity index (χ1v) is 6.92. The highest BCUT2D eigenvalue weighted by Gasteiger charge is 2.05. The van der Waals surface area contributed by atoms with E-state index in [4.69, 9.17) is 16.3 Å². The number of benzene rings is 1. The van der Waals surface area contributed by atoms with Crippen molar-refractivity contribution in [3.8, 4) is 5.88 Å². The highest BCUT2D eigenvalue weighted by molar-refractivity contribution is 6.35. The van der Waals surface area contributed by atoms with Crippen LogP contribution < -0.4 is 10.1 Å². The summed E-state index contributed by atoms with van der Waals surface area (Å²) in [4.78, 5) is 8.51. The molecule has 0 aliphatic carbocycles. The van der Waals surface area contributed by atoms with E-state index < -0.39 is 0 Å². The Morgan fingerprint density at radius 3 is 2.81 bits per heavy atom. The lowest BCUT2D eigenvalue weighted by molar-refractivity contribution is 0.397. The van der Waals surface area contributed by atoms with Crippen LogP contribution in [0.2, 0.25) is 5.02 Å². The van der Waals surface area contributed by atoms with Crippen LogP contribution in [-0.4, -0.2) is 17.1 Å². The second-order valence-corrected chi connectivity index (χ2v) is 4.96. The summed E-state index contributed by atoms with van der Waals surface area (Å²) < 4.78 is 5.05. The normalized spacial score (nSPS) is 10.6. The molecule has 2 heterocycles. The third-order valence-electron chi connectivity index (χ3n) is 3.21. The first kappa shape index (κ1) is 13.6. The Bertz CT molecular complexity index is 759. The van der Waals surface area contributed by atoms with Crippen LogP contribution >= 0.6 is 11.6 Å². The predicted octanol–water partition coefficient (Wildman–Crippen LogP) is 3.90. The van der Waals surface area contributed by atoms with E-state index in [9.17, 15) is 0 Å². The van der Waals surface area contributed by atoms with Crippen molar-refractivity contribution in [2.75, 3.05) is 12.4 Å². The molecule has 21 heavy (non-hydrogen) atoms. The Hall–Kier alpha value is -2.33. The van der Waals surface area contributed by atoms with Gasteiger partial charge < -0.3 is 10.1 Å². The minimum atomic E-state index is 0.611. The lowest BCUT2D eigenvalue weighted by Gasteiger charge is -2.10. The van der Waals surface area contributed by atoms with Gasteiger partial charge in [-0.2, -0.15) is 0 Å². The molecule has 0 fully saturated rings. The summed E-state index contributed by atoms with van der Waals surface area (Å²) in [5.74, 6) is 0.611. The van der Waals surface area contributed by atoms with Crippen molar-refractivity contribution in [1.29, 1.82) is 0 Å². The van der Waals surface area contributed by atoms with E-state index in [0.29, 0.717) is 17.4 Å². The zero-order chi connectivity index (χ0) is 14.7. The zero-order valence-corrected chi connectivity index (χ0v) is 12.3. The molecule has 0 saturated heterocycles. The van der Waals surface area contributed by atoms with Gasteiger partial charge in [-0.1, -0.05) is 17.7 Å². The second kappa shape index (κ2) is 5.97. The van der Waals surface area contributed by atoms with Crippen molar-refractivity contribution in [1.82, 2.24) is 9.97 Å². The van der Waals surface area contributed by atoms with Crippen molar-refractivity contribution in [3.63, 3.8) is 0 Å². The molecular weight excluding hydrogens is 286 g/mol. The molecular formula is C16H14ClN3O. The number of ether oxygens (including phenoxy) is 1. The summed E-state index contributed by atoms with van der Waals surface area (Å²) in [5.41, 5.74) is 2.87. The van der Waals surface area contributed by atoms with E-state index in [0.717, 1.165) is 22.2 Å². The Kier molecular flexibility index (Phi) is 3.88. The molecule has 0 atom stereocenters. The predicted molar refractivity (Wildman–Crippen MR) is 84.9 cm³/mol. The number of hydrogen-bond donors (Lipinski definition) is 1. The molecule has 0 radical (unpaired) electrons. The van der Waals surface area contributed by atoms with Gasteiger partial charge in [0, 0.05) is 36.1 Å². The van der Waals surface area contributed by atoms with E-state index in [1.807, 2.05) is 36.4 Å². The summed E-state index contributed by atoms with van der Waals surface area (Å²) in [5, 5.41) is 5.05. The fourth-order valence-corrected chi connectivity index (χ4v) is 2.34. The van der Waals surface area contributed by atoms with Gasteiger partial charge in [0.2, 0.25) is 5.88 Å². The average Bonchev–Trinajstić information content (AvgIpc) is 2.55. The summed E-state index contributed by atoms with van der Waals surface area (Å²) >= 11 is 6.17. The van der Waals surface area contributed by atoms with Crippen LogP contribution in [0.3, 0.4) is 0 Å². The molecule has 1 aromatic carbocycles. The smallest absolute Gasteiger partial charge is 0.212 e. The van der Waals surface area contributed by atoms with Crippen molar-refractivity contribution in [3.05, 3.63) is 59.4 Å². The minimum Gasteiger partial charge on any atom is -0.481 e. The molecule has 0 bridgehead atoms. The lowest BCUT2D eigenvalue weighted by Crippen LogP contribution is -2.01. The number of rotatable bonds is 4. The van der Waals surface area contributed by atoms with E-state index in [1.165, 1.54) is 0 Å². The van der Waals surface area contributed by atoms with Gasteiger partial charge >= 0.3 is 0 Å². The molecule has 0 spiro atoms. The van der Waals surface area contributed by atoms with Crippen molar-refractivity contribution in [2.45, 2.75) is 6.54 Å². The van der Waals surface area contributed by atoms with Gasteiger partial charge in [-0.25, -0.2) is 4.98 Å². The maximum absolute atomic E-state index is 6.17. The third-order valence-corrected chi connectivity index (χ3v) is 3.52. The molecule has 3 aromatic rings. The quantitative estimate of drug-likeness (QED) is 0.793. The number of anilines is 1. The Morgan fingerprint density at radius 2 is 2.05 bits per heavy atom. The SMILES string of the molecule is COc1ccc(CNc2ccc(Cl)c3ncccc23)cn1. The van der Waals surface area contributed by atoms with E-state index >= 15 is 0 Å². The number of aromatic nitrogens is 2. The molecule has 106 valence electrons. The zero-order valence-electron chi connectivity index (χ0n) is 11.5. The first-order valence-electron chi connectivity index (χ1n) is 6.54. The fourth-order valence-electron chi connectivity index (χ4n) is 2.13. The number of nitrogens with zero attached hydrogens (tertiary/aromatic N) is 2. The highest BCUT2D eigenvalue weighted by atomic mass is 35.5. The van der Waals surface area contributed by atoms with Crippen LogP contribution in [0.1, 0.15) is 5.56 Å². The van der Waals surface area contributed by atoms with Crippen LogP contribution in [0, 0.1) is 0 Å². The molecule has 0 aliphatic heterocycles. The lowest BCUT2D eigenvalue weighted by atomic mass is 10.1. The molecule has 4 nitrogen and oxygen atoms in total. The minimum absolute atomic E-state index is 0.611. The van der Waals surface area contributed by atoms with Gasteiger partial charge in [0.25, 0.3) is 0 Å². The van der Waals surface area contributed by atoms with Crippen LogP contribution in [0.5, 0.6) is 5.88 Å². The molecule has 2 aromatic heterocycles. The van der Waals surface area contributed by atoms with E-state index in [2.05, 4.69) is 15.3 Å². The van der Waals surface area contributed by atoms with Crippen molar-refractivity contribution >= 4 is 28.2 Å². The van der Waals surface area contributed by atoms with Gasteiger partial charge in [0.05, 0.1) is 17.6 Å². The van der Waals surface area contributed by atoms with Crippen LogP contribution in [0.25, 0.3) is 10.9 Å². The molecule has 1 N–H and O–H groups in total. The second-order valence-electron chi connectivity index (χ2n) is 4.56. The number of pyridine rings is 2. The molecule has 0 amide bonds. The molecule has 0 saturated carbocycles. The standard InChI is InChI=1S/C16H14ClN3O/c1-21-15-7-4-11(10-20-15)9-19-14-6-5-13(17)16-12(14)3-2-8-18-16/h2-8,10,19H,9H2,1H3. The number of methoxy groups -OCH3 is 1. The fraction of sp³-hybridized carbons (Fsp3) is 0.125. The van der Waals surface area contributed by atoms with Crippen molar-refractivity contribution in [2.24, 2.45) is 0 Å². The monoisotopic (exact) mass is 299 g/mol. The van der Waals surface area contributed by atoms with E-state index in [-0.39, 0.29) is 0 Å². The van der Waals surface area contributed by atoms with Gasteiger partial charge in [0.1, 0.15) is 0 Å². The maximum atomic E-state index is 6.17. The topological polar surface area (TPSA) is 47.0 Å². The molecule has 0 unspecified atom stereocenters. The van der Waals surface area contributed by atoms with Gasteiger partial charge in [-0.05, 0) is 29.8 Å². The Labute approximate surface area is 127 Å². The highest BCUT2D eigenvalue weighted by Crippen LogP contribution is 2.28. The Morgan fingerprint density at radius 1 is 1.14 bits per heavy atom. The van der Waals surface area contributed by atoms with E-state index in [1.54, 1.807) is 19.5 Å². The Balaban J connectivity index is 1.83. The number of nitrogens with one attached hydrogen (secondary N) is 1. The summed E-state index contributed by atoms with van der Waals surface area (Å²) in [7, 11) is 1.60. The average molecular weight is 300 g/mol. The first-order chi connectivity index (χ1) is 10.3. The summed E-state index contributed by atoms with van der Waals surface area (Å²) in [6.45, 7) is 0.669.